The van der Waals surface area contributed by atoms with Gasteiger partial charge in [-0.2, -0.15) is 0 Å². The van der Waals surface area contributed by atoms with Gasteiger partial charge in [0, 0.05) is 30.5 Å². The second-order valence-electron chi connectivity index (χ2n) is 11.3. The van der Waals surface area contributed by atoms with Crippen molar-refractivity contribution in [2.24, 2.45) is 34.5 Å². The van der Waals surface area contributed by atoms with Crippen molar-refractivity contribution in [2.45, 2.75) is 85.1 Å². The van der Waals surface area contributed by atoms with Crippen molar-refractivity contribution in [1.29, 1.82) is 0 Å². The normalized spacial score (nSPS) is 37.3. The molecule has 27 heavy (non-hydrogen) atoms. The number of likely N-dealkylation sites (tertiary alicyclic amines) is 1. The lowest BCUT2D eigenvalue weighted by Crippen LogP contribution is -2.57. The predicted octanol–water partition coefficient (Wildman–Crippen LogP) is 3.99. The highest BCUT2D eigenvalue weighted by Crippen LogP contribution is 2.61. The van der Waals surface area contributed by atoms with E-state index in [0.717, 1.165) is 43.7 Å². The molecule has 1 heterocycles. The number of piperidine rings is 1. The van der Waals surface area contributed by atoms with E-state index in [4.69, 9.17) is 0 Å². The number of amides is 2. The van der Waals surface area contributed by atoms with Crippen LogP contribution in [0.25, 0.3) is 0 Å². The van der Waals surface area contributed by atoms with Crippen molar-refractivity contribution in [1.82, 2.24) is 10.2 Å². The lowest BCUT2D eigenvalue weighted by molar-refractivity contribution is -0.143. The number of nitrogens with one attached hydrogen (secondary N) is 1. The van der Waals surface area contributed by atoms with E-state index in [2.05, 4.69) is 12.2 Å². The minimum absolute atomic E-state index is 0.0744. The van der Waals surface area contributed by atoms with E-state index in [-0.39, 0.29) is 23.1 Å². The van der Waals surface area contributed by atoms with Crippen molar-refractivity contribution >= 4 is 11.8 Å². The van der Waals surface area contributed by atoms with Gasteiger partial charge < -0.3 is 10.2 Å². The van der Waals surface area contributed by atoms with Crippen molar-refractivity contribution in [3.8, 4) is 0 Å². The molecule has 1 aliphatic heterocycles. The van der Waals surface area contributed by atoms with Crippen LogP contribution in [0.1, 0.15) is 79.1 Å². The molecule has 4 nitrogen and oxygen atoms in total. The van der Waals surface area contributed by atoms with Gasteiger partial charge in [0.1, 0.15) is 0 Å². The molecule has 0 radical (unpaired) electrons. The third-order valence-corrected chi connectivity index (χ3v) is 8.16. The number of nitrogens with zero attached hydrogens (tertiary/aromatic N) is 1. The van der Waals surface area contributed by atoms with E-state index in [0.29, 0.717) is 11.5 Å². The maximum Gasteiger partial charge on any atom is 0.227 e. The highest BCUT2D eigenvalue weighted by molar-refractivity contribution is 5.82. The van der Waals surface area contributed by atoms with Crippen LogP contribution in [-0.2, 0) is 9.59 Å². The predicted molar refractivity (Wildman–Crippen MR) is 107 cm³/mol. The molecule has 152 valence electrons. The maximum atomic E-state index is 13.0. The molecule has 2 amide bonds. The Morgan fingerprint density at radius 1 is 0.963 bits per heavy atom. The first-order valence-electron chi connectivity index (χ1n) is 11.3. The van der Waals surface area contributed by atoms with E-state index in [9.17, 15) is 9.59 Å². The van der Waals surface area contributed by atoms with E-state index >= 15 is 0 Å². The van der Waals surface area contributed by atoms with Gasteiger partial charge in [-0.15, -0.1) is 0 Å². The molecule has 0 unspecified atom stereocenters. The molecule has 4 saturated carbocycles. The van der Waals surface area contributed by atoms with Crippen molar-refractivity contribution < 1.29 is 9.59 Å². The number of hydrogen-bond donors (Lipinski definition) is 1. The van der Waals surface area contributed by atoms with Gasteiger partial charge in [-0.25, -0.2) is 0 Å². The Bertz CT molecular complexity index is 563. The molecule has 0 aromatic heterocycles. The molecule has 4 aliphatic carbocycles. The Balaban J connectivity index is 1.32. The fraction of sp³-hybridized carbons (Fsp3) is 0.913. The highest BCUT2D eigenvalue weighted by Gasteiger charge is 2.53. The summed E-state index contributed by atoms with van der Waals surface area (Å²) in [6.45, 7) is 9.63. The highest BCUT2D eigenvalue weighted by atomic mass is 16.2. The topological polar surface area (TPSA) is 49.4 Å². The van der Waals surface area contributed by atoms with Crippen LogP contribution in [0.4, 0.5) is 0 Å². The zero-order valence-corrected chi connectivity index (χ0v) is 17.7. The number of carbonyl (C=O) groups excluding carboxylic acids is 2. The molecule has 4 heteroatoms. The molecule has 0 aromatic rings. The summed E-state index contributed by atoms with van der Waals surface area (Å²) in [5, 5.41) is 3.44. The van der Waals surface area contributed by atoms with Gasteiger partial charge in [-0.1, -0.05) is 20.8 Å². The lowest BCUT2D eigenvalue weighted by atomic mass is 9.48. The van der Waals surface area contributed by atoms with Gasteiger partial charge in [0.25, 0.3) is 0 Å². The van der Waals surface area contributed by atoms with E-state index in [1.165, 1.54) is 38.5 Å². The zero-order chi connectivity index (χ0) is 19.4. The number of hydrogen-bond acceptors (Lipinski definition) is 2. The first-order valence-corrected chi connectivity index (χ1v) is 11.3. The fourth-order valence-corrected chi connectivity index (χ4v) is 7.01. The summed E-state index contributed by atoms with van der Waals surface area (Å²) < 4.78 is 0. The van der Waals surface area contributed by atoms with Crippen LogP contribution in [0.2, 0.25) is 0 Å². The smallest absolute Gasteiger partial charge is 0.227 e. The third-order valence-electron chi connectivity index (χ3n) is 8.16. The average molecular weight is 375 g/mol. The maximum absolute atomic E-state index is 13.0. The summed E-state index contributed by atoms with van der Waals surface area (Å²) in [7, 11) is 0. The van der Waals surface area contributed by atoms with Gasteiger partial charge in [-0.3, -0.25) is 9.59 Å². The number of rotatable bonds is 3. The Labute approximate surface area is 164 Å². The van der Waals surface area contributed by atoms with Crippen LogP contribution in [0.3, 0.4) is 0 Å². The molecule has 1 atom stereocenters. The van der Waals surface area contributed by atoms with Crippen molar-refractivity contribution in [3.05, 3.63) is 0 Å². The van der Waals surface area contributed by atoms with Crippen molar-refractivity contribution in [3.63, 3.8) is 0 Å². The van der Waals surface area contributed by atoms with Gasteiger partial charge in [0.05, 0.1) is 0 Å². The Morgan fingerprint density at radius 3 is 1.89 bits per heavy atom. The van der Waals surface area contributed by atoms with Gasteiger partial charge in [0.2, 0.25) is 11.8 Å². The summed E-state index contributed by atoms with van der Waals surface area (Å²) >= 11 is 0. The van der Waals surface area contributed by atoms with E-state index in [1.54, 1.807) is 0 Å². The average Bonchev–Trinajstić information content (AvgIpc) is 2.59. The molecule has 1 N–H and O–H groups in total. The summed E-state index contributed by atoms with van der Waals surface area (Å²) in [5.41, 5.74) is 0.0371. The minimum Gasteiger partial charge on any atom is -0.353 e. The monoisotopic (exact) mass is 374 g/mol. The van der Waals surface area contributed by atoms with Gasteiger partial charge in [-0.05, 0) is 81.5 Å². The first kappa shape index (κ1) is 19.3. The van der Waals surface area contributed by atoms with E-state index in [1.807, 2.05) is 25.7 Å². The van der Waals surface area contributed by atoms with Crippen molar-refractivity contribution in [2.75, 3.05) is 13.1 Å². The summed E-state index contributed by atoms with van der Waals surface area (Å²) in [6, 6.07) is 0.299. The summed E-state index contributed by atoms with van der Waals surface area (Å²) in [4.78, 5) is 27.4. The van der Waals surface area contributed by atoms with Crippen LogP contribution in [0.5, 0.6) is 0 Å². The van der Waals surface area contributed by atoms with Gasteiger partial charge >= 0.3 is 0 Å². The summed E-state index contributed by atoms with van der Waals surface area (Å²) in [5.74, 6) is 3.28. The SMILES string of the molecule is C[C@@H](NC(=O)C1CCN(C(=O)C(C)(C)C)CC1)C12CC3CC(CC(C3)C1)C2. The Kier molecular flexibility index (Phi) is 4.83. The van der Waals surface area contributed by atoms with Crippen LogP contribution in [0, 0.1) is 34.5 Å². The second kappa shape index (κ2) is 6.77. The number of carbonyl (C=O) groups is 2. The Morgan fingerprint density at radius 2 is 1.44 bits per heavy atom. The van der Waals surface area contributed by atoms with Crippen LogP contribution < -0.4 is 5.32 Å². The van der Waals surface area contributed by atoms with Crippen LogP contribution in [-0.4, -0.2) is 35.8 Å². The molecule has 1 saturated heterocycles. The van der Waals surface area contributed by atoms with Gasteiger partial charge in [0.15, 0.2) is 0 Å². The molecule has 0 aromatic carbocycles. The second-order valence-corrected chi connectivity index (χ2v) is 11.3. The standard InChI is InChI=1S/C23H38N2O2/c1-15(23-12-16-9-17(13-23)11-18(10-16)14-23)24-20(26)19-5-7-25(8-6-19)21(27)22(2,3)4/h15-19H,5-14H2,1-4H3,(H,24,26)/t15-,16?,17?,18?,23?/m1/s1. The first-order chi connectivity index (χ1) is 12.7. The summed E-state index contributed by atoms with van der Waals surface area (Å²) in [6.07, 6.45) is 9.94. The van der Waals surface area contributed by atoms with E-state index < -0.39 is 0 Å². The molecular formula is C23H38N2O2. The minimum atomic E-state index is -0.331. The fourth-order valence-electron chi connectivity index (χ4n) is 7.01. The van der Waals surface area contributed by atoms with Crippen LogP contribution in [0.15, 0.2) is 0 Å². The molecule has 4 bridgehead atoms. The lowest BCUT2D eigenvalue weighted by Gasteiger charge is -2.59. The quantitative estimate of drug-likeness (QED) is 0.812. The third kappa shape index (κ3) is 3.65. The zero-order valence-electron chi connectivity index (χ0n) is 17.7. The molecule has 5 aliphatic rings. The molecule has 5 fully saturated rings. The molecular weight excluding hydrogens is 336 g/mol. The Hall–Kier alpha value is -1.06. The van der Waals surface area contributed by atoms with Crippen LogP contribution >= 0.6 is 0 Å². The molecule has 5 rings (SSSR count). The largest absolute Gasteiger partial charge is 0.353 e. The molecule has 0 spiro atoms.